The van der Waals surface area contributed by atoms with Crippen LogP contribution in [0.15, 0.2) is 41.4 Å². The van der Waals surface area contributed by atoms with Crippen molar-refractivity contribution >= 4 is 50.9 Å². The number of halogens is 2. The van der Waals surface area contributed by atoms with Crippen molar-refractivity contribution in [3.05, 3.63) is 47.0 Å². The van der Waals surface area contributed by atoms with Crippen LogP contribution in [-0.2, 0) is 6.42 Å². The largest absolute Gasteiger partial charge is 0.390 e. The number of pyridine rings is 1. The molecule has 3 heterocycles. The molecule has 0 unspecified atom stereocenters. The first-order valence-corrected chi connectivity index (χ1v) is 10.9. The van der Waals surface area contributed by atoms with Gasteiger partial charge in [-0.3, -0.25) is 0 Å². The number of imidazole rings is 1. The number of nitrogens with zero attached hydrogens (tertiary/aromatic N) is 5. The first-order chi connectivity index (χ1) is 14.9. The summed E-state index contributed by atoms with van der Waals surface area (Å²) in [6, 6.07) is 7.71. The van der Waals surface area contributed by atoms with Crippen molar-refractivity contribution in [2.45, 2.75) is 37.5 Å². The van der Waals surface area contributed by atoms with Gasteiger partial charge in [-0.2, -0.15) is 0 Å². The number of hydrogen-bond acceptors (Lipinski definition) is 8. The van der Waals surface area contributed by atoms with Gasteiger partial charge in [0.1, 0.15) is 23.9 Å². The number of nitrogens with two attached hydrogens (primary N) is 2. The van der Waals surface area contributed by atoms with Crippen molar-refractivity contribution in [3.63, 3.8) is 0 Å². The third-order valence-corrected chi connectivity index (χ3v) is 6.82. The maximum Gasteiger partial charge on any atom is 0.165 e. The van der Waals surface area contributed by atoms with Gasteiger partial charge in [-0.1, -0.05) is 12.1 Å². The van der Waals surface area contributed by atoms with E-state index in [2.05, 4.69) is 41.9 Å². The number of benzene rings is 1. The molecule has 0 amide bonds. The van der Waals surface area contributed by atoms with E-state index in [4.69, 9.17) is 11.5 Å². The minimum Gasteiger partial charge on any atom is -0.390 e. The molecule has 1 saturated carbocycles. The minimum atomic E-state index is -0.921. The van der Waals surface area contributed by atoms with Gasteiger partial charge in [0.2, 0.25) is 0 Å². The lowest BCUT2D eigenvalue weighted by Crippen LogP contribution is -2.30. The van der Waals surface area contributed by atoms with Gasteiger partial charge in [-0.05, 0) is 58.8 Å². The summed E-state index contributed by atoms with van der Waals surface area (Å²) in [5, 5.41) is 22.4. The van der Waals surface area contributed by atoms with Crippen LogP contribution in [0, 0.1) is 5.92 Å². The van der Waals surface area contributed by atoms with Crippen molar-refractivity contribution in [1.82, 2.24) is 24.5 Å². The Morgan fingerprint density at radius 3 is 2.69 bits per heavy atom. The predicted octanol–water partition coefficient (Wildman–Crippen LogP) is 2.59. The first kappa shape index (κ1) is 22.7. The third kappa shape index (κ3) is 3.88. The zero-order valence-electron chi connectivity index (χ0n) is 17.0. The molecule has 1 aliphatic carbocycles. The highest BCUT2D eigenvalue weighted by molar-refractivity contribution is 9.10. The molecule has 2 aliphatic heterocycles. The Bertz CT molecular complexity index is 1240. The Balaban J connectivity index is 0.00000245. The van der Waals surface area contributed by atoms with Crippen molar-refractivity contribution in [3.8, 4) is 11.5 Å². The van der Waals surface area contributed by atoms with E-state index in [1.54, 1.807) is 10.9 Å². The molecule has 32 heavy (non-hydrogen) atoms. The lowest BCUT2D eigenvalue weighted by molar-refractivity contribution is 0.00489. The van der Waals surface area contributed by atoms with Crippen LogP contribution in [0.5, 0.6) is 0 Å². The smallest absolute Gasteiger partial charge is 0.165 e. The molecule has 9 nitrogen and oxygen atoms in total. The molecule has 6 N–H and O–H groups in total. The predicted molar refractivity (Wildman–Crippen MR) is 127 cm³/mol. The number of aliphatic hydroxyl groups excluding tert-OH is 2. The number of anilines is 2. The summed E-state index contributed by atoms with van der Waals surface area (Å²) < 4.78 is 2.55. The third-order valence-electron chi connectivity index (χ3n) is 6.18. The SMILES string of the molecule is Cl.Nc1nc2cc(CC[C@H]3C[C@@H](n4cnc(N)c5ncnc4-5)[C@H](O)[C@@H]3O)ccc2cc1Br. The monoisotopic (exact) mass is 519 g/mol. The van der Waals surface area contributed by atoms with E-state index >= 15 is 0 Å². The molecule has 0 saturated heterocycles. The van der Waals surface area contributed by atoms with E-state index in [-0.39, 0.29) is 24.4 Å². The molecule has 0 spiro atoms. The van der Waals surface area contributed by atoms with E-state index in [1.807, 2.05) is 18.2 Å². The molecule has 1 aromatic carbocycles. The standard InChI is InChI=1S/C21H22BrN7O2.ClH/c22-13-6-11-3-1-10(5-14(11)28-19(13)23)2-4-12-7-15(18(31)17(12)30)29-9-27-20(24)16-21(29)26-8-25-16;/h1,3,5-6,8-9,12,15,17-18,30-31H,2,4,7,24H2,(H2,23,28);1H/t12-,15+,17+,18-;/m0./s1. The van der Waals surface area contributed by atoms with E-state index < -0.39 is 12.2 Å². The summed E-state index contributed by atoms with van der Waals surface area (Å²) in [6.45, 7) is 0. The van der Waals surface area contributed by atoms with E-state index in [0.717, 1.165) is 33.8 Å². The average Bonchev–Trinajstić information content (AvgIpc) is 3.35. The lowest BCUT2D eigenvalue weighted by atomic mass is 9.95. The topological polar surface area (TPSA) is 149 Å². The maximum absolute atomic E-state index is 10.7. The molecule has 5 rings (SSSR count). The number of aromatic nitrogens is 5. The molecule has 0 bridgehead atoms. The van der Waals surface area contributed by atoms with Gasteiger partial charge in [0, 0.05) is 5.39 Å². The number of nitrogen functional groups attached to an aromatic ring is 2. The average molecular weight is 521 g/mol. The summed E-state index contributed by atoms with van der Waals surface area (Å²) >= 11 is 3.40. The number of fused-ring (bicyclic) bond motifs is 2. The Hall–Kier alpha value is -2.53. The van der Waals surface area contributed by atoms with Crippen molar-refractivity contribution in [2.75, 3.05) is 11.5 Å². The van der Waals surface area contributed by atoms with Gasteiger partial charge in [0.05, 0.1) is 28.5 Å². The van der Waals surface area contributed by atoms with Crippen molar-refractivity contribution < 1.29 is 10.2 Å². The van der Waals surface area contributed by atoms with Crippen LogP contribution in [0.2, 0.25) is 0 Å². The summed E-state index contributed by atoms with van der Waals surface area (Å²) in [4.78, 5) is 17.0. The normalized spacial score (nSPS) is 23.0. The zero-order valence-corrected chi connectivity index (χ0v) is 19.4. The second kappa shape index (κ2) is 8.78. The van der Waals surface area contributed by atoms with Gasteiger partial charge in [-0.25, -0.2) is 19.9 Å². The van der Waals surface area contributed by atoms with Crippen LogP contribution in [0.25, 0.3) is 22.4 Å². The zero-order chi connectivity index (χ0) is 21.7. The molecule has 11 heteroatoms. The van der Waals surface area contributed by atoms with E-state index in [9.17, 15) is 10.2 Å². The fourth-order valence-electron chi connectivity index (χ4n) is 4.48. The molecular weight excluding hydrogens is 498 g/mol. The fourth-order valence-corrected chi connectivity index (χ4v) is 4.82. The quantitative estimate of drug-likeness (QED) is 0.321. The molecule has 1 fully saturated rings. The van der Waals surface area contributed by atoms with Gasteiger partial charge >= 0.3 is 0 Å². The highest BCUT2D eigenvalue weighted by atomic mass is 79.9. The second-order valence-electron chi connectivity index (χ2n) is 8.05. The van der Waals surface area contributed by atoms with Crippen molar-refractivity contribution in [1.29, 1.82) is 0 Å². The van der Waals surface area contributed by atoms with E-state index in [1.165, 1.54) is 6.33 Å². The molecule has 3 aliphatic rings. The Morgan fingerprint density at radius 2 is 1.88 bits per heavy atom. The van der Waals surface area contributed by atoms with Crippen LogP contribution in [0.3, 0.4) is 0 Å². The molecule has 1 aromatic heterocycles. The minimum absolute atomic E-state index is 0. The van der Waals surface area contributed by atoms with Crippen LogP contribution < -0.4 is 11.5 Å². The highest BCUT2D eigenvalue weighted by Crippen LogP contribution is 2.40. The summed E-state index contributed by atoms with van der Waals surface area (Å²) in [5.41, 5.74) is 14.2. The summed E-state index contributed by atoms with van der Waals surface area (Å²) in [6.07, 6.45) is 3.32. The summed E-state index contributed by atoms with van der Waals surface area (Å²) in [5.74, 6) is 1.25. The highest BCUT2D eigenvalue weighted by Gasteiger charge is 2.43. The van der Waals surface area contributed by atoms with Crippen LogP contribution >= 0.6 is 28.3 Å². The molecule has 0 radical (unpaired) electrons. The number of hydrogen-bond donors (Lipinski definition) is 4. The second-order valence-corrected chi connectivity index (χ2v) is 8.90. The Labute approximate surface area is 198 Å². The lowest BCUT2D eigenvalue weighted by Gasteiger charge is -2.21. The number of aryl methyl sites for hydroxylation is 1. The van der Waals surface area contributed by atoms with Gasteiger partial charge in [0.15, 0.2) is 11.6 Å². The summed E-state index contributed by atoms with van der Waals surface area (Å²) in [7, 11) is 0. The van der Waals surface area contributed by atoms with Crippen molar-refractivity contribution in [2.24, 2.45) is 5.92 Å². The molecule has 168 valence electrons. The van der Waals surface area contributed by atoms with Crippen LogP contribution in [0.4, 0.5) is 11.6 Å². The number of aliphatic hydroxyl groups is 2. The molecule has 2 aromatic rings. The van der Waals surface area contributed by atoms with Gasteiger partial charge < -0.3 is 26.2 Å². The van der Waals surface area contributed by atoms with E-state index in [0.29, 0.717) is 29.6 Å². The Kier molecular flexibility index (Phi) is 6.22. The Morgan fingerprint density at radius 1 is 1.06 bits per heavy atom. The molecular formula is C21H23BrClN7O2. The van der Waals surface area contributed by atoms with Gasteiger partial charge in [-0.15, -0.1) is 12.4 Å². The van der Waals surface area contributed by atoms with Gasteiger partial charge in [0.25, 0.3) is 0 Å². The van der Waals surface area contributed by atoms with Crippen LogP contribution in [-0.4, -0.2) is 46.9 Å². The first-order valence-electron chi connectivity index (χ1n) is 10.1. The maximum atomic E-state index is 10.7. The fraction of sp³-hybridized carbons (Fsp3) is 0.333. The van der Waals surface area contributed by atoms with Crippen LogP contribution in [0.1, 0.15) is 24.4 Å². The molecule has 4 atom stereocenters. The number of rotatable bonds is 4.